The average molecular weight is 335 g/mol. The standard InChI is InChI=1S/C16H17NO5S/c1-10-12(15(21)22)9-23-16(10,8-14(19)20)17-13(18)7-11-5-3-2-4-6-11/h2-6,9-10H,7-8H2,1H3,(H,17,18)(H,19,20)(H,21,22). The third-order valence-electron chi connectivity index (χ3n) is 3.78. The molecule has 1 aliphatic rings. The van der Waals surface area contributed by atoms with Gasteiger partial charge in [0.1, 0.15) is 4.87 Å². The second-order valence-corrected chi connectivity index (χ2v) is 6.59. The van der Waals surface area contributed by atoms with Crippen molar-refractivity contribution in [2.45, 2.75) is 24.6 Å². The molecule has 3 N–H and O–H groups in total. The first-order valence-corrected chi connectivity index (χ1v) is 7.90. The molecule has 1 amide bonds. The molecule has 0 fully saturated rings. The third-order valence-corrected chi connectivity index (χ3v) is 5.17. The van der Waals surface area contributed by atoms with Gasteiger partial charge in [-0.05, 0) is 11.0 Å². The van der Waals surface area contributed by atoms with E-state index in [-0.39, 0.29) is 24.3 Å². The van der Waals surface area contributed by atoms with E-state index in [1.807, 2.05) is 18.2 Å². The summed E-state index contributed by atoms with van der Waals surface area (Å²) in [6.07, 6.45) is -0.245. The van der Waals surface area contributed by atoms with Gasteiger partial charge in [0, 0.05) is 11.5 Å². The third kappa shape index (κ3) is 3.92. The highest BCUT2D eigenvalue weighted by Gasteiger charge is 2.47. The lowest BCUT2D eigenvalue weighted by molar-refractivity contribution is -0.139. The quantitative estimate of drug-likeness (QED) is 0.733. The van der Waals surface area contributed by atoms with Crippen LogP contribution in [0.3, 0.4) is 0 Å². The van der Waals surface area contributed by atoms with Crippen molar-refractivity contribution in [3.8, 4) is 0 Å². The number of hydrogen-bond donors (Lipinski definition) is 3. The van der Waals surface area contributed by atoms with Crippen LogP contribution in [0.4, 0.5) is 0 Å². The van der Waals surface area contributed by atoms with Gasteiger partial charge in [-0.2, -0.15) is 0 Å². The Kier molecular flexibility index (Phi) is 5.10. The fourth-order valence-electron chi connectivity index (χ4n) is 2.52. The highest BCUT2D eigenvalue weighted by molar-refractivity contribution is 8.03. The van der Waals surface area contributed by atoms with Crippen molar-refractivity contribution in [2.75, 3.05) is 0 Å². The topological polar surface area (TPSA) is 104 Å². The van der Waals surface area contributed by atoms with Crippen molar-refractivity contribution in [2.24, 2.45) is 5.92 Å². The zero-order valence-corrected chi connectivity index (χ0v) is 13.3. The number of benzene rings is 1. The minimum absolute atomic E-state index is 0.108. The Labute approximate surface area is 137 Å². The number of rotatable bonds is 6. The van der Waals surface area contributed by atoms with Gasteiger partial charge in [0.05, 0.1) is 12.8 Å². The van der Waals surface area contributed by atoms with E-state index in [0.29, 0.717) is 0 Å². The lowest BCUT2D eigenvalue weighted by Crippen LogP contribution is -2.51. The molecule has 1 heterocycles. The maximum absolute atomic E-state index is 12.3. The molecule has 0 radical (unpaired) electrons. The van der Waals surface area contributed by atoms with Crippen molar-refractivity contribution in [3.05, 3.63) is 46.9 Å². The van der Waals surface area contributed by atoms with Crippen molar-refractivity contribution in [3.63, 3.8) is 0 Å². The number of carbonyl (C=O) groups is 3. The van der Waals surface area contributed by atoms with Crippen LogP contribution in [0.1, 0.15) is 18.9 Å². The Morgan fingerprint density at radius 2 is 1.87 bits per heavy atom. The number of hydrogen-bond acceptors (Lipinski definition) is 4. The van der Waals surface area contributed by atoms with Gasteiger partial charge in [0.25, 0.3) is 0 Å². The molecule has 6 nitrogen and oxygen atoms in total. The summed E-state index contributed by atoms with van der Waals surface area (Å²) in [5.74, 6) is -3.14. The minimum atomic E-state index is -1.18. The summed E-state index contributed by atoms with van der Waals surface area (Å²) in [7, 11) is 0. The van der Waals surface area contributed by atoms with Gasteiger partial charge in [0.2, 0.25) is 5.91 Å². The zero-order chi connectivity index (χ0) is 17.0. The first-order chi connectivity index (χ1) is 10.8. The molecule has 2 unspecified atom stereocenters. The summed E-state index contributed by atoms with van der Waals surface area (Å²) < 4.78 is 0. The highest BCUT2D eigenvalue weighted by atomic mass is 32.2. The Morgan fingerprint density at radius 1 is 1.22 bits per heavy atom. The largest absolute Gasteiger partial charge is 0.481 e. The summed E-state index contributed by atoms with van der Waals surface area (Å²) >= 11 is 1.05. The van der Waals surface area contributed by atoms with E-state index in [9.17, 15) is 19.5 Å². The van der Waals surface area contributed by atoms with Crippen LogP contribution in [0.2, 0.25) is 0 Å². The molecule has 1 aromatic carbocycles. The van der Waals surface area contributed by atoms with Crippen LogP contribution in [0.15, 0.2) is 41.3 Å². The van der Waals surface area contributed by atoms with E-state index in [4.69, 9.17) is 5.11 Å². The number of carbonyl (C=O) groups excluding carboxylic acids is 1. The van der Waals surface area contributed by atoms with E-state index in [2.05, 4.69) is 5.32 Å². The minimum Gasteiger partial charge on any atom is -0.481 e. The van der Waals surface area contributed by atoms with E-state index < -0.39 is 22.7 Å². The van der Waals surface area contributed by atoms with Crippen LogP contribution in [0.25, 0.3) is 0 Å². The van der Waals surface area contributed by atoms with E-state index in [0.717, 1.165) is 17.3 Å². The van der Waals surface area contributed by atoms with Gasteiger partial charge in [0.15, 0.2) is 0 Å². The van der Waals surface area contributed by atoms with E-state index >= 15 is 0 Å². The highest BCUT2D eigenvalue weighted by Crippen LogP contribution is 2.45. The van der Waals surface area contributed by atoms with Gasteiger partial charge < -0.3 is 15.5 Å². The number of amides is 1. The fraction of sp³-hybridized carbons (Fsp3) is 0.312. The second kappa shape index (κ2) is 6.87. The summed E-state index contributed by atoms with van der Waals surface area (Å²) in [4.78, 5) is 33.5. The average Bonchev–Trinajstić information content (AvgIpc) is 2.76. The molecular formula is C16H17NO5S. The summed E-state index contributed by atoms with van der Waals surface area (Å²) in [5.41, 5.74) is 0.911. The van der Waals surface area contributed by atoms with Gasteiger partial charge in [-0.1, -0.05) is 37.3 Å². The van der Waals surface area contributed by atoms with Crippen LogP contribution < -0.4 is 5.32 Å². The Morgan fingerprint density at radius 3 is 2.39 bits per heavy atom. The molecule has 1 aromatic rings. The molecule has 0 spiro atoms. The number of aliphatic carboxylic acids is 2. The van der Waals surface area contributed by atoms with Crippen molar-refractivity contribution < 1.29 is 24.6 Å². The fourth-order valence-corrected chi connectivity index (χ4v) is 3.88. The molecule has 0 bridgehead atoms. The van der Waals surface area contributed by atoms with Crippen molar-refractivity contribution in [1.82, 2.24) is 5.32 Å². The van der Waals surface area contributed by atoms with Crippen LogP contribution in [0.5, 0.6) is 0 Å². The summed E-state index contributed by atoms with van der Waals surface area (Å²) in [6.45, 7) is 1.62. The Bertz CT molecular complexity index is 658. The van der Waals surface area contributed by atoms with Crippen LogP contribution in [-0.4, -0.2) is 32.9 Å². The second-order valence-electron chi connectivity index (χ2n) is 5.39. The van der Waals surface area contributed by atoms with Crippen molar-refractivity contribution >= 4 is 29.6 Å². The van der Waals surface area contributed by atoms with Crippen LogP contribution in [-0.2, 0) is 20.8 Å². The van der Waals surface area contributed by atoms with E-state index in [1.165, 1.54) is 5.41 Å². The van der Waals surface area contributed by atoms with Gasteiger partial charge in [-0.3, -0.25) is 9.59 Å². The summed E-state index contributed by atoms with van der Waals surface area (Å²) in [6, 6.07) is 9.07. The van der Waals surface area contributed by atoms with Crippen LogP contribution >= 0.6 is 11.8 Å². The number of thioether (sulfide) groups is 1. The van der Waals surface area contributed by atoms with Gasteiger partial charge >= 0.3 is 11.9 Å². The van der Waals surface area contributed by atoms with Crippen LogP contribution in [0, 0.1) is 5.92 Å². The van der Waals surface area contributed by atoms with E-state index in [1.54, 1.807) is 19.1 Å². The molecule has 0 aromatic heterocycles. The molecule has 2 atom stereocenters. The summed E-state index contributed by atoms with van der Waals surface area (Å²) in [5, 5.41) is 22.5. The predicted octanol–water partition coefficient (Wildman–Crippen LogP) is 1.87. The number of carboxylic acids is 2. The first-order valence-electron chi connectivity index (χ1n) is 7.02. The smallest absolute Gasteiger partial charge is 0.332 e. The molecule has 122 valence electrons. The molecule has 1 aliphatic heterocycles. The molecule has 0 saturated heterocycles. The van der Waals surface area contributed by atoms with Gasteiger partial charge in [-0.25, -0.2) is 4.79 Å². The number of carboxylic acid groups (broad SMARTS) is 2. The normalized spacial score (nSPS) is 23.2. The number of nitrogens with one attached hydrogen (secondary N) is 1. The first kappa shape index (κ1) is 17.1. The Hall–Kier alpha value is -2.28. The SMILES string of the molecule is CC1C(C(=O)O)=CSC1(CC(=O)O)NC(=O)Cc1ccccc1. The van der Waals surface area contributed by atoms with Crippen molar-refractivity contribution in [1.29, 1.82) is 0 Å². The van der Waals surface area contributed by atoms with Gasteiger partial charge in [-0.15, -0.1) is 11.8 Å². The maximum Gasteiger partial charge on any atom is 0.332 e. The molecule has 0 saturated carbocycles. The lowest BCUT2D eigenvalue weighted by Gasteiger charge is -2.33. The predicted molar refractivity (Wildman–Crippen MR) is 85.7 cm³/mol. The molecule has 23 heavy (non-hydrogen) atoms. The Balaban J connectivity index is 2.15. The monoisotopic (exact) mass is 335 g/mol. The molecule has 2 rings (SSSR count). The zero-order valence-electron chi connectivity index (χ0n) is 12.5. The molecule has 0 aliphatic carbocycles. The molecular weight excluding hydrogens is 318 g/mol. The molecule has 7 heteroatoms. The maximum atomic E-state index is 12.3. The lowest BCUT2D eigenvalue weighted by atomic mass is 9.91.